The quantitative estimate of drug-likeness (QED) is 0.560. The van der Waals surface area contributed by atoms with Gasteiger partial charge in [-0.1, -0.05) is 34.1 Å². The minimum absolute atomic E-state index is 0.219. The molecule has 2 heteroatoms. The van der Waals surface area contributed by atoms with Crippen molar-refractivity contribution in [1.29, 1.82) is 0 Å². The summed E-state index contributed by atoms with van der Waals surface area (Å²) in [5, 5.41) is 10.6. The van der Waals surface area contributed by atoms with E-state index in [-0.39, 0.29) is 11.3 Å². The molecule has 0 aliphatic heterocycles. The van der Waals surface area contributed by atoms with Crippen LogP contribution in [0.2, 0.25) is 0 Å². The van der Waals surface area contributed by atoms with Crippen molar-refractivity contribution in [3.05, 3.63) is 23.2 Å². The molecule has 0 heterocycles. The maximum Gasteiger partial charge on any atom is 0.0994 e. The molecule has 1 N–H and O–H groups in total. The Kier molecular flexibility index (Phi) is 5.32. The van der Waals surface area contributed by atoms with Gasteiger partial charge in [0, 0.05) is 12.3 Å². The maximum absolute atomic E-state index is 10.6. The number of hydrogen-bond donors (Lipinski definition) is 1. The smallest absolute Gasteiger partial charge is 0.0994 e. The molecule has 0 saturated heterocycles. The largest absolute Gasteiger partial charge is 0.512 e. The highest BCUT2D eigenvalue weighted by Gasteiger charge is 2.53. The summed E-state index contributed by atoms with van der Waals surface area (Å²) in [4.78, 5) is 0. The van der Waals surface area contributed by atoms with E-state index < -0.39 is 0 Å². The van der Waals surface area contributed by atoms with Gasteiger partial charge in [-0.05, 0) is 73.8 Å². The number of ether oxygens (including phenoxy) is 1. The van der Waals surface area contributed by atoms with E-state index in [0.717, 1.165) is 18.6 Å². The zero-order chi connectivity index (χ0) is 17.3. The molecular formula is C22H36O2. The summed E-state index contributed by atoms with van der Waals surface area (Å²) in [5.41, 5.74) is 1.50. The van der Waals surface area contributed by atoms with Crippen molar-refractivity contribution < 1.29 is 9.84 Å². The first-order valence-corrected chi connectivity index (χ1v) is 10.2. The molecular weight excluding hydrogens is 296 g/mol. The molecule has 3 aliphatic carbocycles. The molecule has 2 saturated carbocycles. The Morgan fingerprint density at radius 2 is 1.92 bits per heavy atom. The Hall–Kier alpha value is -0.920. The topological polar surface area (TPSA) is 29.5 Å². The SMILES string of the molecule is CC(C)C/C=C(\OC1CCCCC1)[C@H](C)C1=C(O)C[C@H]2CC[C@]12C. The van der Waals surface area contributed by atoms with Crippen LogP contribution in [0.3, 0.4) is 0 Å². The van der Waals surface area contributed by atoms with E-state index >= 15 is 0 Å². The molecule has 2 fully saturated rings. The van der Waals surface area contributed by atoms with E-state index in [2.05, 4.69) is 33.8 Å². The van der Waals surface area contributed by atoms with Crippen molar-refractivity contribution in [2.75, 3.05) is 0 Å². The van der Waals surface area contributed by atoms with Crippen LogP contribution in [0.25, 0.3) is 0 Å². The molecule has 3 aliphatic rings. The first kappa shape index (κ1) is 17.9. The minimum atomic E-state index is 0.219. The fraction of sp³-hybridized carbons (Fsp3) is 0.818. The lowest BCUT2D eigenvalue weighted by molar-refractivity contribution is 0.0566. The molecule has 0 spiro atoms. The van der Waals surface area contributed by atoms with E-state index in [1.807, 2.05) is 0 Å². The van der Waals surface area contributed by atoms with Crippen LogP contribution in [-0.2, 0) is 4.74 Å². The molecule has 0 radical (unpaired) electrons. The zero-order valence-electron chi connectivity index (χ0n) is 16.1. The van der Waals surface area contributed by atoms with Crippen molar-refractivity contribution in [3.63, 3.8) is 0 Å². The van der Waals surface area contributed by atoms with Crippen LogP contribution in [0.1, 0.15) is 85.5 Å². The second kappa shape index (κ2) is 7.14. The van der Waals surface area contributed by atoms with Crippen molar-refractivity contribution >= 4 is 0 Å². The molecule has 3 rings (SSSR count). The molecule has 24 heavy (non-hydrogen) atoms. The molecule has 0 amide bonds. The van der Waals surface area contributed by atoms with E-state index in [1.165, 1.54) is 50.5 Å². The number of aliphatic hydroxyl groups excluding tert-OH is 1. The molecule has 0 bridgehead atoms. The standard InChI is InChI=1S/C22H36O2/c1-15(2)10-11-20(24-18-8-6-5-7-9-18)16(3)21-19(23)14-17-12-13-22(17,21)4/h11,15-18,23H,5-10,12-14H2,1-4H3/b20-11-/t16-,17+,22-/m0/s1. The molecule has 0 aromatic rings. The average Bonchev–Trinajstić information content (AvgIpc) is 2.72. The van der Waals surface area contributed by atoms with Crippen molar-refractivity contribution in [3.8, 4) is 0 Å². The summed E-state index contributed by atoms with van der Waals surface area (Å²) >= 11 is 0. The second-order valence-electron chi connectivity index (χ2n) is 9.05. The highest BCUT2D eigenvalue weighted by Crippen LogP contribution is 2.62. The number of aliphatic hydroxyl groups is 1. The predicted molar refractivity (Wildman–Crippen MR) is 99.8 cm³/mol. The van der Waals surface area contributed by atoms with Gasteiger partial charge in [0.05, 0.1) is 17.6 Å². The summed E-state index contributed by atoms with van der Waals surface area (Å²) < 4.78 is 6.53. The fourth-order valence-electron chi connectivity index (χ4n) is 5.08. The van der Waals surface area contributed by atoms with Gasteiger partial charge < -0.3 is 9.84 Å². The van der Waals surface area contributed by atoms with Gasteiger partial charge in [0.15, 0.2) is 0 Å². The van der Waals surface area contributed by atoms with Gasteiger partial charge in [-0.3, -0.25) is 0 Å². The number of rotatable bonds is 6. The molecule has 3 atom stereocenters. The lowest BCUT2D eigenvalue weighted by atomic mass is 9.58. The van der Waals surface area contributed by atoms with Gasteiger partial charge in [-0.15, -0.1) is 0 Å². The Bertz CT molecular complexity index is 510. The van der Waals surface area contributed by atoms with Gasteiger partial charge in [-0.25, -0.2) is 0 Å². The predicted octanol–water partition coefficient (Wildman–Crippen LogP) is 6.53. The van der Waals surface area contributed by atoms with Crippen LogP contribution in [0.5, 0.6) is 0 Å². The van der Waals surface area contributed by atoms with Gasteiger partial charge >= 0.3 is 0 Å². The normalized spacial score (nSPS) is 32.7. The highest BCUT2D eigenvalue weighted by atomic mass is 16.5. The van der Waals surface area contributed by atoms with Crippen LogP contribution in [0.15, 0.2) is 23.2 Å². The second-order valence-corrected chi connectivity index (χ2v) is 9.05. The first-order chi connectivity index (χ1) is 11.4. The molecule has 136 valence electrons. The Balaban J connectivity index is 1.79. The average molecular weight is 333 g/mol. The lowest BCUT2D eigenvalue weighted by Crippen LogP contribution is -2.37. The highest BCUT2D eigenvalue weighted by molar-refractivity contribution is 5.34. The monoisotopic (exact) mass is 332 g/mol. The Morgan fingerprint density at radius 1 is 1.21 bits per heavy atom. The molecule has 0 unspecified atom stereocenters. The van der Waals surface area contributed by atoms with Crippen LogP contribution < -0.4 is 0 Å². The number of allylic oxidation sites excluding steroid dienone is 3. The zero-order valence-corrected chi connectivity index (χ0v) is 16.1. The third-order valence-corrected chi connectivity index (χ3v) is 6.78. The first-order valence-electron chi connectivity index (χ1n) is 10.2. The third kappa shape index (κ3) is 3.39. The maximum atomic E-state index is 10.6. The summed E-state index contributed by atoms with van der Waals surface area (Å²) in [5.74, 6) is 3.32. The third-order valence-electron chi connectivity index (χ3n) is 6.78. The van der Waals surface area contributed by atoms with Crippen LogP contribution >= 0.6 is 0 Å². The van der Waals surface area contributed by atoms with Gasteiger partial charge in [-0.2, -0.15) is 0 Å². The van der Waals surface area contributed by atoms with Crippen LogP contribution in [0.4, 0.5) is 0 Å². The summed E-state index contributed by atoms with van der Waals surface area (Å²) in [6.07, 6.45) is 13.5. The van der Waals surface area contributed by atoms with Crippen LogP contribution in [-0.4, -0.2) is 11.2 Å². The lowest BCUT2D eigenvalue weighted by Gasteiger charge is -2.46. The van der Waals surface area contributed by atoms with Gasteiger partial charge in [0.2, 0.25) is 0 Å². The molecule has 0 aromatic carbocycles. The molecule has 2 nitrogen and oxygen atoms in total. The van der Waals surface area contributed by atoms with Crippen molar-refractivity contribution in [2.45, 2.75) is 91.6 Å². The summed E-state index contributed by atoms with van der Waals surface area (Å²) in [6.45, 7) is 9.13. The summed E-state index contributed by atoms with van der Waals surface area (Å²) in [6, 6.07) is 0. The van der Waals surface area contributed by atoms with E-state index in [1.54, 1.807) is 0 Å². The van der Waals surface area contributed by atoms with Crippen molar-refractivity contribution in [2.24, 2.45) is 23.2 Å². The van der Waals surface area contributed by atoms with Crippen LogP contribution in [0, 0.1) is 23.2 Å². The van der Waals surface area contributed by atoms with Crippen molar-refractivity contribution in [1.82, 2.24) is 0 Å². The Morgan fingerprint density at radius 3 is 2.46 bits per heavy atom. The molecule has 0 aromatic heterocycles. The minimum Gasteiger partial charge on any atom is -0.512 e. The van der Waals surface area contributed by atoms with E-state index in [0.29, 0.717) is 23.7 Å². The summed E-state index contributed by atoms with van der Waals surface area (Å²) in [7, 11) is 0. The van der Waals surface area contributed by atoms with Gasteiger partial charge in [0.1, 0.15) is 0 Å². The Labute approximate surface area is 148 Å². The number of hydrogen-bond acceptors (Lipinski definition) is 2. The fourth-order valence-corrected chi connectivity index (χ4v) is 5.08. The van der Waals surface area contributed by atoms with E-state index in [4.69, 9.17) is 4.74 Å². The van der Waals surface area contributed by atoms with E-state index in [9.17, 15) is 5.11 Å². The number of fused-ring (bicyclic) bond motifs is 1. The van der Waals surface area contributed by atoms with Gasteiger partial charge in [0.25, 0.3) is 0 Å².